The lowest BCUT2D eigenvalue weighted by molar-refractivity contribution is -0.133. The molecular formula is C16H23ClN2O2. The van der Waals surface area contributed by atoms with Crippen LogP contribution in [0.3, 0.4) is 0 Å². The lowest BCUT2D eigenvalue weighted by Gasteiger charge is -2.41. The number of carbonyl (C=O) groups is 1. The number of nitrogens with one attached hydrogen (secondary N) is 2. The minimum Gasteiger partial charge on any atom is -0.396 e. The van der Waals surface area contributed by atoms with E-state index in [0.29, 0.717) is 11.6 Å². The van der Waals surface area contributed by atoms with Gasteiger partial charge in [-0.15, -0.1) is 0 Å². The predicted octanol–water partition coefficient (Wildman–Crippen LogP) is 1.75. The second kappa shape index (κ2) is 7.78. The Balaban J connectivity index is 1.85. The molecule has 0 unspecified atom stereocenters. The van der Waals surface area contributed by atoms with Crippen molar-refractivity contribution < 1.29 is 9.90 Å². The van der Waals surface area contributed by atoms with Crippen LogP contribution in [0.5, 0.6) is 0 Å². The van der Waals surface area contributed by atoms with E-state index >= 15 is 0 Å². The summed E-state index contributed by atoms with van der Waals surface area (Å²) < 4.78 is 0. The topological polar surface area (TPSA) is 61.4 Å². The maximum atomic E-state index is 12.4. The zero-order valence-electron chi connectivity index (χ0n) is 12.2. The van der Waals surface area contributed by atoms with E-state index in [2.05, 4.69) is 10.6 Å². The van der Waals surface area contributed by atoms with Crippen LogP contribution < -0.4 is 10.6 Å². The molecule has 5 heteroatoms. The van der Waals surface area contributed by atoms with Crippen LogP contribution in [0.25, 0.3) is 0 Å². The lowest BCUT2D eigenvalue weighted by atomic mass is 9.75. The van der Waals surface area contributed by atoms with E-state index in [1.807, 2.05) is 24.3 Å². The van der Waals surface area contributed by atoms with E-state index in [0.717, 1.165) is 44.3 Å². The highest BCUT2D eigenvalue weighted by Crippen LogP contribution is 2.28. The van der Waals surface area contributed by atoms with Crippen LogP contribution in [-0.2, 0) is 11.2 Å². The highest BCUT2D eigenvalue weighted by atomic mass is 35.5. The number of aliphatic hydroxyl groups excluding tert-OH is 1. The molecule has 116 valence electrons. The SMILES string of the molecule is O=C(NCCCCCO)C1(Cc2ccc(Cl)cc2)CNC1. The zero-order valence-corrected chi connectivity index (χ0v) is 13.0. The molecule has 1 aliphatic rings. The summed E-state index contributed by atoms with van der Waals surface area (Å²) in [7, 11) is 0. The third kappa shape index (κ3) is 4.43. The average Bonchev–Trinajstić information content (AvgIpc) is 2.44. The molecule has 0 aromatic heterocycles. The summed E-state index contributed by atoms with van der Waals surface area (Å²) in [5, 5.41) is 15.7. The molecule has 0 bridgehead atoms. The molecule has 0 spiro atoms. The molecule has 1 aromatic rings. The van der Waals surface area contributed by atoms with Crippen molar-refractivity contribution in [2.45, 2.75) is 25.7 Å². The van der Waals surface area contributed by atoms with Crippen LogP contribution in [0.2, 0.25) is 5.02 Å². The van der Waals surface area contributed by atoms with Gasteiger partial charge in [-0.25, -0.2) is 0 Å². The van der Waals surface area contributed by atoms with Gasteiger partial charge in [0.1, 0.15) is 0 Å². The Labute approximate surface area is 130 Å². The van der Waals surface area contributed by atoms with Crippen LogP contribution in [0, 0.1) is 5.41 Å². The molecule has 1 aromatic carbocycles. The molecule has 1 saturated heterocycles. The highest BCUT2D eigenvalue weighted by molar-refractivity contribution is 6.30. The van der Waals surface area contributed by atoms with E-state index in [1.54, 1.807) is 0 Å². The third-order valence-electron chi connectivity index (χ3n) is 3.98. The summed E-state index contributed by atoms with van der Waals surface area (Å²) in [5.41, 5.74) is 0.807. The molecule has 0 aliphatic carbocycles. The van der Waals surface area contributed by atoms with Crippen LogP contribution in [0.1, 0.15) is 24.8 Å². The van der Waals surface area contributed by atoms with Gasteiger partial charge < -0.3 is 15.7 Å². The normalized spacial score (nSPS) is 16.3. The molecular weight excluding hydrogens is 288 g/mol. The summed E-state index contributed by atoms with van der Waals surface area (Å²) in [4.78, 5) is 12.4. The van der Waals surface area contributed by atoms with E-state index < -0.39 is 0 Å². The number of aliphatic hydroxyl groups is 1. The summed E-state index contributed by atoms with van der Waals surface area (Å²) in [6.45, 7) is 2.34. The summed E-state index contributed by atoms with van der Waals surface area (Å²) in [6.07, 6.45) is 3.39. The van der Waals surface area contributed by atoms with E-state index in [9.17, 15) is 4.79 Å². The van der Waals surface area contributed by atoms with Crippen LogP contribution in [-0.4, -0.2) is 37.3 Å². The smallest absolute Gasteiger partial charge is 0.229 e. The van der Waals surface area contributed by atoms with Gasteiger partial charge in [0.25, 0.3) is 0 Å². The fourth-order valence-corrected chi connectivity index (χ4v) is 2.71. The molecule has 0 radical (unpaired) electrons. The number of halogens is 1. The number of carbonyl (C=O) groups excluding carboxylic acids is 1. The predicted molar refractivity (Wildman–Crippen MR) is 84.4 cm³/mol. The van der Waals surface area contributed by atoms with Gasteiger partial charge in [0.05, 0.1) is 5.41 Å². The van der Waals surface area contributed by atoms with E-state index in [4.69, 9.17) is 16.7 Å². The van der Waals surface area contributed by atoms with Gasteiger partial charge in [0.15, 0.2) is 0 Å². The van der Waals surface area contributed by atoms with Crippen molar-refractivity contribution >= 4 is 17.5 Å². The second-order valence-electron chi connectivity index (χ2n) is 5.73. The van der Waals surface area contributed by atoms with Crippen molar-refractivity contribution in [2.24, 2.45) is 5.41 Å². The van der Waals surface area contributed by atoms with Gasteiger partial charge in [-0.05, 0) is 43.4 Å². The van der Waals surface area contributed by atoms with Crippen molar-refractivity contribution in [3.05, 3.63) is 34.9 Å². The van der Waals surface area contributed by atoms with Crippen LogP contribution in [0.4, 0.5) is 0 Å². The number of amides is 1. The third-order valence-corrected chi connectivity index (χ3v) is 4.24. The van der Waals surface area contributed by atoms with Crippen LogP contribution >= 0.6 is 11.6 Å². The summed E-state index contributed by atoms with van der Waals surface area (Å²) >= 11 is 5.89. The Morgan fingerprint density at radius 2 is 1.95 bits per heavy atom. The maximum Gasteiger partial charge on any atom is 0.229 e. The summed E-state index contributed by atoms with van der Waals surface area (Å²) in [6, 6.07) is 7.70. The molecule has 1 fully saturated rings. The second-order valence-corrected chi connectivity index (χ2v) is 6.16. The first-order valence-electron chi connectivity index (χ1n) is 7.51. The Morgan fingerprint density at radius 1 is 1.24 bits per heavy atom. The molecule has 2 rings (SSSR count). The van der Waals surface area contributed by atoms with Crippen molar-refractivity contribution in [1.82, 2.24) is 10.6 Å². The van der Waals surface area contributed by atoms with Crippen molar-refractivity contribution in [2.75, 3.05) is 26.2 Å². The fourth-order valence-electron chi connectivity index (χ4n) is 2.59. The van der Waals surface area contributed by atoms with Gasteiger partial charge in [0, 0.05) is 31.3 Å². The lowest BCUT2D eigenvalue weighted by Crippen LogP contribution is -2.62. The van der Waals surface area contributed by atoms with Crippen LogP contribution in [0.15, 0.2) is 24.3 Å². The molecule has 4 nitrogen and oxygen atoms in total. The molecule has 1 aliphatic heterocycles. The molecule has 0 atom stereocenters. The van der Waals surface area contributed by atoms with Crippen molar-refractivity contribution in [3.63, 3.8) is 0 Å². The zero-order chi connectivity index (χ0) is 15.1. The number of hydrogen-bond donors (Lipinski definition) is 3. The minimum absolute atomic E-state index is 0.125. The first-order valence-corrected chi connectivity index (χ1v) is 7.88. The van der Waals surface area contributed by atoms with Crippen molar-refractivity contribution in [3.8, 4) is 0 Å². The number of rotatable bonds is 8. The largest absolute Gasteiger partial charge is 0.396 e. The van der Waals surface area contributed by atoms with Gasteiger partial charge in [-0.1, -0.05) is 23.7 Å². The molecule has 1 amide bonds. The van der Waals surface area contributed by atoms with Gasteiger partial charge in [0.2, 0.25) is 5.91 Å². The first-order chi connectivity index (χ1) is 10.2. The number of benzene rings is 1. The molecule has 0 saturated carbocycles. The van der Waals surface area contributed by atoms with Gasteiger partial charge >= 0.3 is 0 Å². The average molecular weight is 311 g/mol. The van der Waals surface area contributed by atoms with Crippen molar-refractivity contribution in [1.29, 1.82) is 0 Å². The Morgan fingerprint density at radius 3 is 2.52 bits per heavy atom. The molecule has 3 N–H and O–H groups in total. The highest BCUT2D eigenvalue weighted by Gasteiger charge is 2.43. The monoisotopic (exact) mass is 310 g/mol. The quantitative estimate of drug-likeness (QED) is 0.641. The standard InChI is InChI=1S/C16H23ClN2O2/c17-14-6-4-13(5-7-14)10-16(11-18-12-16)15(21)19-8-2-1-3-9-20/h4-7,18,20H,1-3,8-12H2,(H,19,21). The fraction of sp³-hybridized carbons (Fsp3) is 0.562. The van der Waals surface area contributed by atoms with E-state index in [1.165, 1.54) is 0 Å². The Kier molecular flexibility index (Phi) is 6.03. The Hall–Kier alpha value is -1.10. The molecule has 1 heterocycles. The Bertz CT molecular complexity index is 458. The molecule has 21 heavy (non-hydrogen) atoms. The van der Waals surface area contributed by atoms with Gasteiger partial charge in [-0.2, -0.15) is 0 Å². The minimum atomic E-state index is -0.329. The number of unbranched alkanes of at least 4 members (excludes halogenated alkanes) is 2. The first kappa shape index (κ1) is 16.3. The number of hydrogen-bond acceptors (Lipinski definition) is 3. The maximum absolute atomic E-state index is 12.4. The van der Waals surface area contributed by atoms with E-state index in [-0.39, 0.29) is 17.9 Å². The van der Waals surface area contributed by atoms with Gasteiger partial charge in [-0.3, -0.25) is 4.79 Å². The summed E-state index contributed by atoms with van der Waals surface area (Å²) in [5.74, 6) is 0.125.